The molecule has 142 valence electrons. The first-order valence-electron chi connectivity index (χ1n) is 9.12. The molecule has 3 N–H and O–H groups in total. The monoisotopic (exact) mass is 389 g/mol. The first-order valence-corrected chi connectivity index (χ1v) is 9.50. The number of hydrogen-bond donors (Lipinski definition) is 3. The summed E-state index contributed by atoms with van der Waals surface area (Å²) in [5, 5.41) is 3.42. The van der Waals surface area contributed by atoms with Gasteiger partial charge in [0.2, 0.25) is 5.91 Å². The summed E-state index contributed by atoms with van der Waals surface area (Å²) in [7, 11) is 0. The molecule has 2 fully saturated rings. The maximum absolute atomic E-state index is 14.2. The Morgan fingerprint density at radius 3 is 2.93 bits per heavy atom. The zero-order chi connectivity index (χ0) is 18.8. The molecule has 0 aromatic carbocycles. The molecule has 1 amide bonds. The van der Waals surface area contributed by atoms with Crippen LogP contribution in [0.25, 0.3) is 0 Å². The van der Waals surface area contributed by atoms with Crippen LogP contribution in [0, 0.1) is 17.7 Å². The maximum Gasteiger partial charge on any atom is 0.225 e. The van der Waals surface area contributed by atoms with Crippen molar-refractivity contribution in [2.24, 2.45) is 11.8 Å². The first-order chi connectivity index (χ1) is 13.1. The van der Waals surface area contributed by atoms with Gasteiger partial charge in [-0.05, 0) is 36.5 Å². The second kappa shape index (κ2) is 7.88. The molecule has 1 aliphatic heterocycles. The van der Waals surface area contributed by atoms with Crippen molar-refractivity contribution in [3.05, 3.63) is 58.9 Å². The van der Waals surface area contributed by atoms with Crippen molar-refractivity contribution < 1.29 is 9.18 Å². The minimum Gasteiger partial charge on any atom is -0.352 e. The van der Waals surface area contributed by atoms with E-state index in [-0.39, 0.29) is 35.6 Å². The minimum atomic E-state index is -0.320. The number of nitrogens with one attached hydrogen (secondary N) is 3. The molecular formula is C19H21ClFN5O. The van der Waals surface area contributed by atoms with Crippen molar-refractivity contribution in [2.45, 2.75) is 37.9 Å². The zero-order valence-electron chi connectivity index (χ0n) is 14.7. The lowest BCUT2D eigenvalue weighted by Gasteiger charge is -2.33. The number of aromatic nitrogens is 2. The summed E-state index contributed by atoms with van der Waals surface area (Å²) in [4.78, 5) is 20.6. The largest absolute Gasteiger partial charge is 0.352 e. The summed E-state index contributed by atoms with van der Waals surface area (Å²) in [5.41, 5.74) is 7.93. The molecule has 27 heavy (non-hydrogen) atoms. The van der Waals surface area contributed by atoms with Crippen molar-refractivity contribution in [1.82, 2.24) is 26.1 Å². The average molecular weight is 390 g/mol. The second-order valence-electron chi connectivity index (χ2n) is 7.10. The molecule has 0 radical (unpaired) electrons. The summed E-state index contributed by atoms with van der Waals surface area (Å²) < 4.78 is 14.2. The van der Waals surface area contributed by atoms with E-state index >= 15 is 0 Å². The molecule has 1 saturated carbocycles. The Bertz CT molecular complexity index is 818. The highest BCUT2D eigenvalue weighted by molar-refractivity contribution is 6.29. The molecule has 2 aromatic heterocycles. The molecular weight excluding hydrogens is 369 g/mol. The molecule has 8 heteroatoms. The van der Waals surface area contributed by atoms with Crippen molar-refractivity contribution >= 4 is 17.5 Å². The number of halogens is 2. The van der Waals surface area contributed by atoms with Gasteiger partial charge in [0.15, 0.2) is 0 Å². The van der Waals surface area contributed by atoms with Gasteiger partial charge >= 0.3 is 0 Å². The quantitative estimate of drug-likeness (QED) is 0.700. The summed E-state index contributed by atoms with van der Waals surface area (Å²) in [6.07, 6.45) is 7.18. The number of nitrogens with zero attached hydrogens (tertiary/aromatic N) is 2. The standard InChI is InChI=1S/C19H21ClFN5O/c20-16-5-4-11(8-23-16)9-24-19(27)14-3-1-2-13-17(25-26-18(13)14)12-6-7-22-10-15(12)21/h4-8,10,13-14,17-18,25-26H,1-3,9H2,(H,24,27). The van der Waals surface area contributed by atoms with Crippen LogP contribution in [0.15, 0.2) is 36.8 Å². The Morgan fingerprint density at radius 2 is 2.15 bits per heavy atom. The van der Waals surface area contributed by atoms with Crippen LogP contribution in [0.4, 0.5) is 4.39 Å². The number of hydrazine groups is 1. The third-order valence-corrected chi connectivity index (χ3v) is 5.74. The molecule has 2 aromatic rings. The maximum atomic E-state index is 14.2. The van der Waals surface area contributed by atoms with E-state index in [0.29, 0.717) is 17.3 Å². The van der Waals surface area contributed by atoms with Gasteiger partial charge < -0.3 is 5.32 Å². The van der Waals surface area contributed by atoms with Crippen LogP contribution in [-0.4, -0.2) is 21.9 Å². The fourth-order valence-electron chi connectivity index (χ4n) is 4.18. The molecule has 1 aliphatic carbocycles. The van der Waals surface area contributed by atoms with E-state index in [1.165, 1.54) is 6.20 Å². The van der Waals surface area contributed by atoms with Gasteiger partial charge in [0.1, 0.15) is 11.0 Å². The van der Waals surface area contributed by atoms with Crippen LogP contribution in [0.3, 0.4) is 0 Å². The third-order valence-electron chi connectivity index (χ3n) is 5.51. The van der Waals surface area contributed by atoms with Crippen molar-refractivity contribution in [3.8, 4) is 0 Å². The van der Waals surface area contributed by atoms with Gasteiger partial charge in [0, 0.05) is 30.5 Å². The van der Waals surface area contributed by atoms with Crippen LogP contribution < -0.4 is 16.2 Å². The highest BCUT2D eigenvalue weighted by Gasteiger charge is 2.46. The number of fused-ring (bicyclic) bond motifs is 1. The molecule has 6 nitrogen and oxygen atoms in total. The van der Waals surface area contributed by atoms with E-state index in [9.17, 15) is 9.18 Å². The van der Waals surface area contributed by atoms with Crippen molar-refractivity contribution in [2.75, 3.05) is 0 Å². The van der Waals surface area contributed by atoms with Gasteiger partial charge in [-0.25, -0.2) is 14.8 Å². The molecule has 4 unspecified atom stereocenters. The number of carbonyl (C=O) groups excluding carboxylic acids is 1. The smallest absolute Gasteiger partial charge is 0.225 e. The van der Waals surface area contributed by atoms with Gasteiger partial charge in [-0.15, -0.1) is 0 Å². The van der Waals surface area contributed by atoms with Gasteiger partial charge in [0.05, 0.1) is 18.2 Å². The fraction of sp³-hybridized carbons (Fsp3) is 0.421. The Hall–Kier alpha value is -2.09. The van der Waals surface area contributed by atoms with E-state index in [2.05, 4.69) is 26.1 Å². The molecule has 3 heterocycles. The van der Waals surface area contributed by atoms with Gasteiger partial charge in [-0.1, -0.05) is 24.1 Å². The van der Waals surface area contributed by atoms with E-state index in [4.69, 9.17) is 11.6 Å². The highest BCUT2D eigenvalue weighted by Crippen LogP contribution is 2.41. The number of carbonyl (C=O) groups is 1. The summed E-state index contributed by atoms with van der Waals surface area (Å²) in [6, 6.07) is 5.06. The average Bonchev–Trinajstić information content (AvgIpc) is 3.11. The predicted molar refractivity (Wildman–Crippen MR) is 98.9 cm³/mol. The Kier molecular flexibility index (Phi) is 5.33. The van der Waals surface area contributed by atoms with E-state index in [1.807, 2.05) is 6.07 Å². The summed E-state index contributed by atoms with van der Waals surface area (Å²) >= 11 is 5.79. The number of rotatable bonds is 4. The van der Waals surface area contributed by atoms with E-state index in [1.54, 1.807) is 24.5 Å². The van der Waals surface area contributed by atoms with E-state index < -0.39 is 0 Å². The van der Waals surface area contributed by atoms with Crippen LogP contribution in [0.2, 0.25) is 5.15 Å². The number of pyridine rings is 2. The lowest BCUT2D eigenvalue weighted by Crippen LogP contribution is -2.47. The SMILES string of the molecule is O=C(NCc1ccc(Cl)nc1)C1CCCC2C(c3ccncc3F)NNC12. The molecule has 1 saturated heterocycles. The lowest BCUT2D eigenvalue weighted by atomic mass is 9.73. The van der Waals surface area contributed by atoms with Gasteiger partial charge in [-0.2, -0.15) is 0 Å². The summed E-state index contributed by atoms with van der Waals surface area (Å²) in [5.74, 6) is -0.320. The molecule has 4 atom stereocenters. The van der Waals surface area contributed by atoms with Crippen molar-refractivity contribution in [1.29, 1.82) is 0 Å². The van der Waals surface area contributed by atoms with Crippen LogP contribution >= 0.6 is 11.6 Å². The fourth-order valence-corrected chi connectivity index (χ4v) is 4.29. The van der Waals surface area contributed by atoms with Crippen LogP contribution in [-0.2, 0) is 11.3 Å². The van der Waals surface area contributed by atoms with Crippen LogP contribution in [0.5, 0.6) is 0 Å². The second-order valence-corrected chi connectivity index (χ2v) is 7.48. The Balaban J connectivity index is 1.43. The topological polar surface area (TPSA) is 78.9 Å². The predicted octanol–water partition coefficient (Wildman–Crippen LogP) is 2.52. The third kappa shape index (κ3) is 3.81. The number of hydrogen-bond acceptors (Lipinski definition) is 5. The molecule has 4 rings (SSSR count). The zero-order valence-corrected chi connectivity index (χ0v) is 15.4. The van der Waals surface area contributed by atoms with Gasteiger partial charge in [-0.3, -0.25) is 15.2 Å². The van der Waals surface area contributed by atoms with Crippen molar-refractivity contribution in [3.63, 3.8) is 0 Å². The number of amides is 1. The molecule has 0 bridgehead atoms. The first kappa shape index (κ1) is 18.3. The van der Waals surface area contributed by atoms with E-state index in [0.717, 1.165) is 24.8 Å². The lowest BCUT2D eigenvalue weighted by molar-refractivity contribution is -0.127. The Morgan fingerprint density at radius 1 is 1.26 bits per heavy atom. The highest BCUT2D eigenvalue weighted by atomic mass is 35.5. The van der Waals surface area contributed by atoms with Gasteiger partial charge in [0.25, 0.3) is 0 Å². The van der Waals surface area contributed by atoms with Crippen LogP contribution in [0.1, 0.15) is 36.4 Å². The molecule has 0 spiro atoms. The minimum absolute atomic E-state index is 0.00444. The normalized spacial score (nSPS) is 27.2. The summed E-state index contributed by atoms with van der Waals surface area (Å²) in [6.45, 7) is 0.409. The Labute approximate surface area is 161 Å². The molecule has 2 aliphatic rings.